The predicted molar refractivity (Wildman–Crippen MR) is 75.5 cm³/mol. The Kier molecular flexibility index (Phi) is 4.37. The van der Waals surface area contributed by atoms with Gasteiger partial charge in [-0.1, -0.05) is 39.7 Å². The van der Waals surface area contributed by atoms with Crippen molar-refractivity contribution in [3.63, 3.8) is 0 Å². The second kappa shape index (κ2) is 5.80. The number of hydrogen-bond donors (Lipinski definition) is 2. The highest BCUT2D eigenvalue weighted by Gasteiger charge is 2.18. The van der Waals surface area contributed by atoms with Gasteiger partial charge in [0, 0.05) is 4.47 Å². The van der Waals surface area contributed by atoms with Gasteiger partial charge >= 0.3 is 0 Å². The third kappa shape index (κ3) is 2.97. The molecule has 0 aliphatic heterocycles. The zero-order chi connectivity index (χ0) is 12.3. The Hall–Kier alpha value is -0.640. The topological polar surface area (TPSA) is 38.0 Å². The number of allylic oxidation sites excluding steroid dienone is 1. The van der Waals surface area contributed by atoms with E-state index in [9.17, 15) is 0 Å². The molecule has 1 aromatic rings. The van der Waals surface area contributed by atoms with Crippen molar-refractivity contribution in [2.24, 2.45) is 5.84 Å². The molecule has 0 saturated heterocycles. The highest BCUT2D eigenvalue weighted by atomic mass is 79.9. The highest BCUT2D eigenvalue weighted by Crippen LogP contribution is 2.33. The highest BCUT2D eigenvalue weighted by molar-refractivity contribution is 9.10. The van der Waals surface area contributed by atoms with Gasteiger partial charge in [-0.3, -0.25) is 5.84 Å². The Morgan fingerprint density at radius 3 is 2.76 bits per heavy atom. The average Bonchev–Trinajstić information content (AvgIpc) is 2.34. The lowest BCUT2D eigenvalue weighted by atomic mass is 9.90. The van der Waals surface area contributed by atoms with Crippen LogP contribution < -0.4 is 11.3 Å². The summed E-state index contributed by atoms with van der Waals surface area (Å²) < 4.78 is 1.13. The van der Waals surface area contributed by atoms with Gasteiger partial charge in [-0.25, -0.2) is 5.43 Å². The Labute approximate surface area is 111 Å². The van der Waals surface area contributed by atoms with Crippen LogP contribution in [0.15, 0.2) is 34.3 Å². The van der Waals surface area contributed by atoms with Gasteiger partial charge in [0.25, 0.3) is 0 Å². The van der Waals surface area contributed by atoms with E-state index in [1.807, 2.05) is 0 Å². The normalized spacial score (nSPS) is 17.7. The van der Waals surface area contributed by atoms with Crippen molar-refractivity contribution in [3.05, 3.63) is 45.4 Å². The van der Waals surface area contributed by atoms with Crippen molar-refractivity contribution in [3.8, 4) is 0 Å². The first-order valence-corrected chi connectivity index (χ1v) is 6.93. The summed E-state index contributed by atoms with van der Waals surface area (Å²) in [6.45, 7) is 2.10. The number of nitrogens with one attached hydrogen (secondary N) is 1. The number of hydrazine groups is 1. The van der Waals surface area contributed by atoms with Crippen LogP contribution in [0.5, 0.6) is 0 Å². The third-order valence-corrected chi connectivity index (χ3v) is 4.02. The molecule has 3 N–H and O–H groups in total. The van der Waals surface area contributed by atoms with Crippen LogP contribution in [0.1, 0.15) is 42.9 Å². The lowest BCUT2D eigenvalue weighted by Gasteiger charge is -2.24. The van der Waals surface area contributed by atoms with E-state index in [0.717, 1.165) is 10.9 Å². The number of benzene rings is 1. The van der Waals surface area contributed by atoms with Crippen LogP contribution in [0.25, 0.3) is 0 Å². The van der Waals surface area contributed by atoms with Crippen LogP contribution in [0.2, 0.25) is 0 Å². The van der Waals surface area contributed by atoms with Gasteiger partial charge in [-0.05, 0) is 49.8 Å². The molecule has 17 heavy (non-hydrogen) atoms. The van der Waals surface area contributed by atoms with Crippen molar-refractivity contribution < 1.29 is 0 Å². The summed E-state index contributed by atoms with van der Waals surface area (Å²) in [6, 6.07) is 6.57. The SMILES string of the molecule is Cc1ccc(C(NN)C2=CCCCC2)c(Br)c1. The Morgan fingerprint density at radius 2 is 2.18 bits per heavy atom. The monoisotopic (exact) mass is 294 g/mol. The molecule has 0 bridgehead atoms. The number of rotatable bonds is 3. The van der Waals surface area contributed by atoms with Crippen LogP contribution >= 0.6 is 15.9 Å². The number of hydrogen-bond acceptors (Lipinski definition) is 2. The molecular formula is C14H19BrN2. The average molecular weight is 295 g/mol. The second-order valence-corrected chi connectivity index (χ2v) is 5.50. The molecule has 1 aliphatic carbocycles. The molecule has 0 radical (unpaired) electrons. The minimum atomic E-state index is 0.144. The maximum Gasteiger partial charge on any atom is 0.0681 e. The zero-order valence-corrected chi connectivity index (χ0v) is 11.8. The standard InChI is InChI=1S/C14H19BrN2/c1-10-7-8-12(13(15)9-10)14(17-16)11-5-3-2-4-6-11/h5,7-9,14,17H,2-4,6,16H2,1H3. The van der Waals surface area contributed by atoms with E-state index in [2.05, 4.69) is 52.6 Å². The van der Waals surface area contributed by atoms with Crippen molar-refractivity contribution in [2.45, 2.75) is 38.6 Å². The molecule has 2 rings (SSSR count). The summed E-state index contributed by atoms with van der Waals surface area (Å²) >= 11 is 3.63. The molecule has 0 heterocycles. The van der Waals surface area contributed by atoms with E-state index in [-0.39, 0.29) is 6.04 Å². The Balaban J connectivity index is 2.31. The van der Waals surface area contributed by atoms with Crippen LogP contribution in [0, 0.1) is 6.92 Å². The molecule has 3 heteroatoms. The largest absolute Gasteiger partial charge is 0.271 e. The van der Waals surface area contributed by atoms with Crippen molar-refractivity contribution in [1.29, 1.82) is 0 Å². The van der Waals surface area contributed by atoms with E-state index in [0.29, 0.717) is 0 Å². The van der Waals surface area contributed by atoms with Crippen LogP contribution in [-0.2, 0) is 0 Å². The molecule has 1 aromatic carbocycles. The zero-order valence-electron chi connectivity index (χ0n) is 10.2. The lowest BCUT2D eigenvalue weighted by molar-refractivity contribution is 0.564. The van der Waals surface area contributed by atoms with Crippen LogP contribution in [0.3, 0.4) is 0 Å². The summed E-state index contributed by atoms with van der Waals surface area (Å²) in [7, 11) is 0. The minimum Gasteiger partial charge on any atom is -0.271 e. The molecule has 1 aliphatic rings. The summed E-state index contributed by atoms with van der Waals surface area (Å²) in [5.41, 5.74) is 6.86. The lowest BCUT2D eigenvalue weighted by Crippen LogP contribution is -2.30. The smallest absolute Gasteiger partial charge is 0.0681 e. The summed E-state index contributed by atoms with van der Waals surface area (Å²) in [6.07, 6.45) is 7.23. The number of nitrogens with two attached hydrogens (primary N) is 1. The maximum absolute atomic E-state index is 5.73. The molecule has 0 saturated carbocycles. The molecular weight excluding hydrogens is 276 g/mol. The van der Waals surface area contributed by atoms with Crippen LogP contribution in [-0.4, -0.2) is 0 Å². The van der Waals surface area contributed by atoms with E-state index in [1.54, 1.807) is 0 Å². The number of aryl methyl sites for hydroxylation is 1. The van der Waals surface area contributed by atoms with Gasteiger partial charge in [0.2, 0.25) is 0 Å². The van der Waals surface area contributed by atoms with Gasteiger partial charge in [0.05, 0.1) is 6.04 Å². The molecule has 0 spiro atoms. The predicted octanol–water partition coefficient (Wildman–Crippen LogP) is 3.76. The van der Waals surface area contributed by atoms with Gasteiger partial charge in [-0.15, -0.1) is 0 Å². The van der Waals surface area contributed by atoms with Crippen LogP contribution in [0.4, 0.5) is 0 Å². The first-order chi connectivity index (χ1) is 8.22. The minimum absolute atomic E-state index is 0.144. The second-order valence-electron chi connectivity index (χ2n) is 4.65. The molecule has 1 atom stereocenters. The van der Waals surface area contributed by atoms with Gasteiger partial charge < -0.3 is 0 Å². The van der Waals surface area contributed by atoms with E-state index in [4.69, 9.17) is 5.84 Å². The Morgan fingerprint density at radius 1 is 1.35 bits per heavy atom. The Bertz CT molecular complexity index is 426. The van der Waals surface area contributed by atoms with E-state index < -0.39 is 0 Å². The fourth-order valence-corrected chi connectivity index (χ4v) is 3.11. The van der Waals surface area contributed by atoms with Crippen molar-refractivity contribution in [2.75, 3.05) is 0 Å². The summed E-state index contributed by atoms with van der Waals surface area (Å²) in [5, 5.41) is 0. The van der Waals surface area contributed by atoms with Gasteiger partial charge in [-0.2, -0.15) is 0 Å². The van der Waals surface area contributed by atoms with Gasteiger partial charge in [0.15, 0.2) is 0 Å². The maximum atomic E-state index is 5.73. The van der Waals surface area contributed by atoms with E-state index >= 15 is 0 Å². The molecule has 0 aromatic heterocycles. The fourth-order valence-electron chi connectivity index (χ4n) is 2.39. The summed E-state index contributed by atoms with van der Waals surface area (Å²) in [4.78, 5) is 0. The molecule has 2 nitrogen and oxygen atoms in total. The van der Waals surface area contributed by atoms with E-state index in [1.165, 1.54) is 36.0 Å². The quantitative estimate of drug-likeness (QED) is 0.506. The molecule has 92 valence electrons. The van der Waals surface area contributed by atoms with Crippen molar-refractivity contribution in [1.82, 2.24) is 5.43 Å². The first kappa shape index (κ1) is 12.8. The number of halogens is 1. The molecule has 0 amide bonds. The summed E-state index contributed by atoms with van der Waals surface area (Å²) in [5.74, 6) is 5.73. The fraction of sp³-hybridized carbons (Fsp3) is 0.429. The molecule has 1 unspecified atom stereocenters. The third-order valence-electron chi connectivity index (χ3n) is 3.33. The van der Waals surface area contributed by atoms with Crippen molar-refractivity contribution >= 4 is 15.9 Å². The molecule has 0 fully saturated rings. The van der Waals surface area contributed by atoms with Gasteiger partial charge in [0.1, 0.15) is 0 Å². The first-order valence-electron chi connectivity index (χ1n) is 6.13.